The van der Waals surface area contributed by atoms with Crippen LogP contribution in [0.4, 0.5) is 17.6 Å². The van der Waals surface area contributed by atoms with E-state index in [4.69, 9.17) is 0 Å². The van der Waals surface area contributed by atoms with Gasteiger partial charge in [0.15, 0.2) is 0 Å². The summed E-state index contributed by atoms with van der Waals surface area (Å²) in [5.74, 6) is 0. The van der Waals surface area contributed by atoms with Crippen molar-refractivity contribution in [3.05, 3.63) is 0 Å². The first-order chi connectivity index (χ1) is 5.45. The molecule has 0 aliphatic heterocycles. The maximum absolute atomic E-state index is 11.6. The Kier molecular flexibility index (Phi) is 4.85. The van der Waals surface area contributed by atoms with Gasteiger partial charge in [-0.05, 0) is 19.8 Å². The fraction of sp³-hybridized carbons (Fsp3) is 0.857. The van der Waals surface area contributed by atoms with E-state index in [1.54, 1.807) is 0 Å². The Morgan fingerprint density at radius 3 is 2.42 bits per heavy atom. The molecule has 12 heavy (non-hydrogen) atoms. The van der Waals surface area contributed by atoms with Crippen LogP contribution >= 0.6 is 0 Å². The van der Waals surface area contributed by atoms with Gasteiger partial charge in [0.25, 0.3) is 0 Å². The van der Waals surface area contributed by atoms with E-state index < -0.39 is 18.9 Å². The highest BCUT2D eigenvalue weighted by atomic mass is 19.4. The maximum Gasteiger partial charge on any atom is 0.426 e. The standard InChI is InChI=1S/C7H11F4N/c1-6(3-2-4-8)12-5-7(9,10)11/h5-6H,2-4H2,1H3/b12-5+. The lowest BCUT2D eigenvalue weighted by molar-refractivity contribution is -0.0539. The van der Waals surface area contributed by atoms with E-state index in [0.29, 0.717) is 6.42 Å². The second-order valence-electron chi connectivity index (χ2n) is 2.50. The Hall–Kier alpha value is -0.610. The maximum atomic E-state index is 11.6. The lowest BCUT2D eigenvalue weighted by Crippen LogP contribution is -2.11. The summed E-state index contributed by atoms with van der Waals surface area (Å²) in [6.07, 6.45) is -3.79. The van der Waals surface area contributed by atoms with Crippen LogP contribution in [0.15, 0.2) is 4.99 Å². The average molecular weight is 185 g/mol. The third-order valence-electron chi connectivity index (χ3n) is 1.23. The van der Waals surface area contributed by atoms with Gasteiger partial charge in [0.05, 0.1) is 6.67 Å². The molecule has 0 bridgehead atoms. The molecule has 0 saturated heterocycles. The number of nitrogens with zero attached hydrogens (tertiary/aromatic N) is 1. The van der Waals surface area contributed by atoms with Gasteiger partial charge in [-0.3, -0.25) is 9.38 Å². The van der Waals surface area contributed by atoms with Crippen LogP contribution in [0.2, 0.25) is 0 Å². The second-order valence-corrected chi connectivity index (χ2v) is 2.50. The fourth-order valence-corrected chi connectivity index (χ4v) is 0.659. The van der Waals surface area contributed by atoms with Crippen LogP contribution in [0.25, 0.3) is 0 Å². The SMILES string of the molecule is CC(CCCF)/N=C/C(F)(F)F. The van der Waals surface area contributed by atoms with Crippen molar-refractivity contribution in [3.63, 3.8) is 0 Å². The van der Waals surface area contributed by atoms with Gasteiger partial charge in [-0.15, -0.1) is 0 Å². The Labute approximate surface area is 68.5 Å². The van der Waals surface area contributed by atoms with Gasteiger partial charge >= 0.3 is 6.18 Å². The summed E-state index contributed by atoms with van der Waals surface area (Å²) in [7, 11) is 0. The van der Waals surface area contributed by atoms with E-state index in [9.17, 15) is 17.6 Å². The highest BCUT2D eigenvalue weighted by Gasteiger charge is 2.23. The van der Waals surface area contributed by atoms with Crippen molar-refractivity contribution < 1.29 is 17.6 Å². The highest BCUT2D eigenvalue weighted by molar-refractivity contribution is 5.64. The van der Waals surface area contributed by atoms with E-state index in [2.05, 4.69) is 4.99 Å². The number of alkyl halides is 4. The Bertz CT molecular complexity index is 141. The fourth-order valence-electron chi connectivity index (χ4n) is 0.659. The molecule has 0 N–H and O–H groups in total. The first-order valence-electron chi connectivity index (χ1n) is 3.62. The molecule has 0 aliphatic rings. The van der Waals surface area contributed by atoms with Crippen LogP contribution in [-0.4, -0.2) is 25.1 Å². The molecule has 0 aromatic heterocycles. The summed E-state index contributed by atoms with van der Waals surface area (Å²) in [4.78, 5) is 3.22. The molecular weight excluding hydrogens is 174 g/mol. The van der Waals surface area contributed by atoms with Crippen LogP contribution in [0.1, 0.15) is 19.8 Å². The molecule has 0 aromatic carbocycles. The van der Waals surface area contributed by atoms with E-state index in [1.165, 1.54) is 6.92 Å². The molecular formula is C7H11F4N. The summed E-state index contributed by atoms with van der Waals surface area (Å²) < 4.78 is 46.1. The van der Waals surface area contributed by atoms with Crippen molar-refractivity contribution in [2.75, 3.05) is 6.67 Å². The average Bonchev–Trinajstić information content (AvgIpc) is 1.95. The minimum atomic E-state index is -4.36. The number of hydrogen-bond donors (Lipinski definition) is 0. The van der Waals surface area contributed by atoms with Gasteiger partial charge in [-0.2, -0.15) is 13.2 Å². The topological polar surface area (TPSA) is 12.4 Å². The van der Waals surface area contributed by atoms with Crippen LogP contribution in [0.5, 0.6) is 0 Å². The Balaban J connectivity index is 3.68. The van der Waals surface area contributed by atoms with Crippen LogP contribution in [-0.2, 0) is 0 Å². The monoisotopic (exact) mass is 185 g/mol. The molecule has 0 fully saturated rings. The first kappa shape index (κ1) is 11.4. The van der Waals surface area contributed by atoms with Crippen LogP contribution in [0, 0.1) is 0 Å². The number of hydrogen-bond acceptors (Lipinski definition) is 1. The molecule has 1 unspecified atom stereocenters. The van der Waals surface area contributed by atoms with Crippen molar-refractivity contribution in [2.45, 2.75) is 32.0 Å². The molecule has 0 aromatic rings. The third-order valence-corrected chi connectivity index (χ3v) is 1.23. The lowest BCUT2D eigenvalue weighted by atomic mass is 10.2. The number of halogens is 4. The molecule has 0 rings (SSSR count). The van der Waals surface area contributed by atoms with Crippen LogP contribution in [0.3, 0.4) is 0 Å². The largest absolute Gasteiger partial charge is 0.426 e. The summed E-state index contributed by atoms with van der Waals surface area (Å²) in [6.45, 7) is 1.02. The van der Waals surface area contributed by atoms with Gasteiger partial charge in [0.2, 0.25) is 0 Å². The molecule has 0 saturated carbocycles. The molecule has 5 heteroatoms. The molecule has 72 valence electrons. The van der Waals surface area contributed by atoms with Gasteiger partial charge in [0, 0.05) is 6.04 Å². The van der Waals surface area contributed by atoms with Gasteiger partial charge in [0.1, 0.15) is 6.21 Å². The zero-order chi connectivity index (χ0) is 9.61. The summed E-state index contributed by atoms with van der Waals surface area (Å²) >= 11 is 0. The molecule has 0 amide bonds. The van der Waals surface area contributed by atoms with E-state index in [1.807, 2.05) is 0 Å². The summed E-state index contributed by atoms with van der Waals surface area (Å²) in [5.41, 5.74) is 0. The van der Waals surface area contributed by atoms with Crippen LogP contribution < -0.4 is 0 Å². The summed E-state index contributed by atoms with van der Waals surface area (Å²) in [5, 5.41) is 0. The van der Waals surface area contributed by atoms with Crippen molar-refractivity contribution in [1.29, 1.82) is 0 Å². The van der Waals surface area contributed by atoms with E-state index in [-0.39, 0.29) is 12.6 Å². The molecule has 0 spiro atoms. The molecule has 1 nitrogen and oxygen atoms in total. The van der Waals surface area contributed by atoms with E-state index in [0.717, 1.165) is 0 Å². The number of aliphatic imine (C=N–C) groups is 1. The molecule has 0 heterocycles. The predicted molar refractivity (Wildman–Crippen MR) is 39.2 cm³/mol. The van der Waals surface area contributed by atoms with E-state index >= 15 is 0 Å². The summed E-state index contributed by atoms with van der Waals surface area (Å²) in [6, 6.07) is -0.456. The van der Waals surface area contributed by atoms with Crippen molar-refractivity contribution in [3.8, 4) is 0 Å². The van der Waals surface area contributed by atoms with Crippen molar-refractivity contribution >= 4 is 6.21 Å². The van der Waals surface area contributed by atoms with Gasteiger partial charge < -0.3 is 0 Å². The van der Waals surface area contributed by atoms with Crippen molar-refractivity contribution in [1.82, 2.24) is 0 Å². The smallest absolute Gasteiger partial charge is 0.285 e. The zero-order valence-corrected chi connectivity index (χ0v) is 6.74. The van der Waals surface area contributed by atoms with Gasteiger partial charge in [-0.25, -0.2) is 0 Å². The minimum absolute atomic E-state index is 0.0457. The number of rotatable bonds is 4. The normalized spacial score (nSPS) is 15.4. The Morgan fingerprint density at radius 2 is 2.00 bits per heavy atom. The highest BCUT2D eigenvalue weighted by Crippen LogP contribution is 2.12. The quantitative estimate of drug-likeness (QED) is 0.471. The van der Waals surface area contributed by atoms with Gasteiger partial charge in [-0.1, -0.05) is 0 Å². The predicted octanol–water partition coefficient (Wildman–Crippen LogP) is 2.76. The zero-order valence-electron chi connectivity index (χ0n) is 6.74. The van der Waals surface area contributed by atoms with Crippen molar-refractivity contribution in [2.24, 2.45) is 4.99 Å². The first-order valence-corrected chi connectivity index (χ1v) is 3.62. The minimum Gasteiger partial charge on any atom is -0.285 e. The molecule has 0 aliphatic carbocycles. The lowest BCUT2D eigenvalue weighted by Gasteiger charge is -2.04. The molecule has 0 radical (unpaired) electrons. The Morgan fingerprint density at radius 1 is 1.42 bits per heavy atom. The molecule has 1 atom stereocenters. The second kappa shape index (κ2) is 5.11. The third kappa shape index (κ3) is 7.50.